The van der Waals surface area contributed by atoms with Gasteiger partial charge in [0, 0.05) is 24.9 Å². The highest BCUT2D eigenvalue weighted by molar-refractivity contribution is 7.99. The summed E-state index contributed by atoms with van der Waals surface area (Å²) in [4.78, 5) is 15.8. The summed E-state index contributed by atoms with van der Waals surface area (Å²) < 4.78 is 13.0. The summed E-state index contributed by atoms with van der Waals surface area (Å²) in [6.07, 6.45) is 2.51. The highest BCUT2D eigenvalue weighted by Crippen LogP contribution is 2.19. The Balaban J connectivity index is 2.58. The van der Waals surface area contributed by atoms with Crippen LogP contribution < -0.4 is 16.4 Å². The van der Waals surface area contributed by atoms with E-state index in [9.17, 15) is 9.18 Å². The zero-order valence-electron chi connectivity index (χ0n) is 14.7. The Labute approximate surface area is 147 Å². The molecule has 5 nitrogen and oxygen atoms in total. The van der Waals surface area contributed by atoms with Gasteiger partial charge in [-0.15, -0.1) is 0 Å². The standard InChI is InChI=1S/C17H27FN4OS/c1-17(2,24-4)11-22-16(20-3)21-10-13(15(19)23)9-12-5-7-14(18)8-6-12/h5-8,13H,9-11H2,1-4H3,(H2,19,23)(H2,20,21,22). The zero-order chi connectivity index (χ0) is 18.2. The van der Waals surface area contributed by atoms with E-state index in [1.807, 2.05) is 0 Å². The summed E-state index contributed by atoms with van der Waals surface area (Å²) in [5.41, 5.74) is 6.36. The first-order valence-electron chi connectivity index (χ1n) is 7.81. The molecule has 0 aliphatic rings. The summed E-state index contributed by atoms with van der Waals surface area (Å²) >= 11 is 1.76. The highest BCUT2D eigenvalue weighted by atomic mass is 32.2. The quantitative estimate of drug-likeness (QED) is 0.491. The van der Waals surface area contributed by atoms with Crippen molar-refractivity contribution in [2.24, 2.45) is 16.6 Å². The molecule has 1 unspecified atom stereocenters. The monoisotopic (exact) mass is 354 g/mol. The lowest BCUT2D eigenvalue weighted by Gasteiger charge is -2.24. The molecule has 4 N–H and O–H groups in total. The molecule has 1 atom stereocenters. The number of guanidine groups is 1. The second-order valence-corrected chi connectivity index (χ2v) is 7.71. The average Bonchev–Trinajstić information content (AvgIpc) is 2.55. The van der Waals surface area contributed by atoms with Crippen LogP contribution in [0.15, 0.2) is 29.3 Å². The smallest absolute Gasteiger partial charge is 0.222 e. The Hall–Kier alpha value is -1.76. The number of nitrogens with zero attached hydrogens (tertiary/aromatic N) is 1. The van der Waals surface area contributed by atoms with Crippen LogP contribution in [0.5, 0.6) is 0 Å². The number of nitrogens with one attached hydrogen (secondary N) is 2. The van der Waals surface area contributed by atoms with E-state index in [0.717, 1.165) is 12.1 Å². The second-order valence-electron chi connectivity index (χ2n) is 6.20. The molecule has 0 fully saturated rings. The minimum absolute atomic E-state index is 0.0782. The maximum absolute atomic E-state index is 13.0. The molecular weight excluding hydrogens is 327 g/mol. The largest absolute Gasteiger partial charge is 0.369 e. The van der Waals surface area contributed by atoms with Crippen LogP contribution in [0.2, 0.25) is 0 Å². The van der Waals surface area contributed by atoms with Crippen molar-refractivity contribution in [3.63, 3.8) is 0 Å². The Morgan fingerprint density at radius 1 is 1.33 bits per heavy atom. The second kappa shape index (κ2) is 9.52. The van der Waals surface area contributed by atoms with E-state index < -0.39 is 11.8 Å². The number of halogens is 1. The molecule has 1 aromatic rings. The van der Waals surface area contributed by atoms with Crippen molar-refractivity contribution >= 4 is 23.6 Å². The van der Waals surface area contributed by atoms with Gasteiger partial charge >= 0.3 is 0 Å². The van der Waals surface area contributed by atoms with Crippen molar-refractivity contribution in [1.82, 2.24) is 10.6 Å². The van der Waals surface area contributed by atoms with Crippen LogP contribution >= 0.6 is 11.8 Å². The van der Waals surface area contributed by atoms with Gasteiger partial charge in [0.15, 0.2) is 5.96 Å². The molecule has 134 valence electrons. The van der Waals surface area contributed by atoms with Crippen LogP contribution in [0.1, 0.15) is 19.4 Å². The Morgan fingerprint density at radius 3 is 2.46 bits per heavy atom. The third-order valence-electron chi connectivity index (χ3n) is 3.77. The van der Waals surface area contributed by atoms with Crippen LogP contribution in [0.3, 0.4) is 0 Å². The number of benzene rings is 1. The van der Waals surface area contributed by atoms with Crippen LogP contribution in [0, 0.1) is 11.7 Å². The van der Waals surface area contributed by atoms with Crippen molar-refractivity contribution in [3.05, 3.63) is 35.6 Å². The van der Waals surface area contributed by atoms with Gasteiger partial charge in [-0.25, -0.2) is 4.39 Å². The topological polar surface area (TPSA) is 79.5 Å². The van der Waals surface area contributed by atoms with E-state index >= 15 is 0 Å². The highest BCUT2D eigenvalue weighted by Gasteiger charge is 2.19. The van der Waals surface area contributed by atoms with Crippen molar-refractivity contribution < 1.29 is 9.18 Å². The van der Waals surface area contributed by atoms with E-state index in [2.05, 4.69) is 35.7 Å². The van der Waals surface area contributed by atoms with Crippen LogP contribution in [-0.4, -0.2) is 43.0 Å². The number of amides is 1. The molecule has 24 heavy (non-hydrogen) atoms. The number of hydrogen-bond donors (Lipinski definition) is 3. The number of nitrogens with two attached hydrogens (primary N) is 1. The summed E-state index contributed by atoms with van der Waals surface area (Å²) in [7, 11) is 1.68. The number of aliphatic imine (C=N–C) groups is 1. The molecule has 0 radical (unpaired) electrons. The molecule has 1 aromatic carbocycles. The van der Waals surface area contributed by atoms with Gasteiger partial charge in [0.2, 0.25) is 5.91 Å². The van der Waals surface area contributed by atoms with E-state index in [-0.39, 0.29) is 10.6 Å². The predicted octanol–water partition coefficient (Wildman–Crippen LogP) is 1.78. The van der Waals surface area contributed by atoms with Gasteiger partial charge < -0.3 is 16.4 Å². The van der Waals surface area contributed by atoms with E-state index in [4.69, 9.17) is 5.73 Å². The molecule has 0 saturated carbocycles. The number of carbonyl (C=O) groups excluding carboxylic acids is 1. The lowest BCUT2D eigenvalue weighted by atomic mass is 9.98. The number of carbonyl (C=O) groups is 1. The summed E-state index contributed by atoms with van der Waals surface area (Å²) in [5.74, 6) is -0.467. The Bertz CT molecular complexity index is 560. The maximum Gasteiger partial charge on any atom is 0.222 e. The summed E-state index contributed by atoms with van der Waals surface area (Å²) in [6, 6.07) is 6.09. The molecule has 0 spiro atoms. The number of hydrogen-bond acceptors (Lipinski definition) is 3. The first-order valence-corrected chi connectivity index (χ1v) is 9.03. The fraction of sp³-hybridized carbons (Fsp3) is 0.529. The van der Waals surface area contributed by atoms with Gasteiger partial charge in [-0.2, -0.15) is 11.8 Å². The summed E-state index contributed by atoms with van der Waals surface area (Å²) in [6.45, 7) is 5.39. The van der Waals surface area contributed by atoms with Crippen molar-refractivity contribution in [2.75, 3.05) is 26.4 Å². The van der Waals surface area contributed by atoms with Crippen molar-refractivity contribution in [3.8, 4) is 0 Å². The molecule has 0 aliphatic carbocycles. The molecule has 0 aromatic heterocycles. The van der Waals surface area contributed by atoms with E-state index in [1.165, 1.54) is 12.1 Å². The van der Waals surface area contributed by atoms with Gasteiger partial charge in [-0.05, 0) is 44.2 Å². The van der Waals surface area contributed by atoms with Crippen molar-refractivity contribution in [1.29, 1.82) is 0 Å². The maximum atomic E-state index is 13.0. The molecule has 0 saturated heterocycles. The minimum Gasteiger partial charge on any atom is -0.369 e. The summed E-state index contributed by atoms with van der Waals surface area (Å²) in [5, 5.41) is 6.38. The van der Waals surface area contributed by atoms with Crippen molar-refractivity contribution in [2.45, 2.75) is 25.0 Å². The third-order valence-corrected chi connectivity index (χ3v) is 5.02. The number of primary amides is 1. The molecular formula is C17H27FN4OS. The molecule has 1 rings (SSSR count). The normalized spacial score (nSPS) is 13.5. The number of thioether (sulfide) groups is 1. The first-order chi connectivity index (χ1) is 11.3. The van der Waals surface area contributed by atoms with Gasteiger partial charge in [0.25, 0.3) is 0 Å². The Kier molecular flexibility index (Phi) is 8.04. The predicted molar refractivity (Wildman–Crippen MR) is 99.7 cm³/mol. The van der Waals surface area contributed by atoms with Gasteiger partial charge in [0.05, 0.1) is 5.92 Å². The average molecular weight is 354 g/mol. The lowest BCUT2D eigenvalue weighted by molar-refractivity contribution is -0.121. The minimum atomic E-state index is -0.400. The zero-order valence-corrected chi connectivity index (χ0v) is 15.5. The van der Waals surface area contributed by atoms with E-state index in [1.54, 1.807) is 30.9 Å². The lowest BCUT2D eigenvalue weighted by Crippen LogP contribution is -2.46. The van der Waals surface area contributed by atoms with Gasteiger partial charge in [0.1, 0.15) is 5.82 Å². The third kappa shape index (κ3) is 7.21. The molecule has 0 aliphatic heterocycles. The van der Waals surface area contributed by atoms with Crippen LogP contribution in [0.4, 0.5) is 4.39 Å². The SMILES string of the molecule is CN=C(NCC(Cc1ccc(F)cc1)C(N)=O)NCC(C)(C)SC. The van der Waals surface area contributed by atoms with Crippen LogP contribution in [-0.2, 0) is 11.2 Å². The molecule has 0 heterocycles. The molecule has 7 heteroatoms. The Morgan fingerprint density at radius 2 is 1.96 bits per heavy atom. The van der Waals surface area contributed by atoms with Crippen LogP contribution in [0.25, 0.3) is 0 Å². The molecule has 0 bridgehead atoms. The molecule has 1 amide bonds. The first kappa shape index (κ1) is 20.3. The van der Waals surface area contributed by atoms with Gasteiger partial charge in [-0.1, -0.05) is 12.1 Å². The van der Waals surface area contributed by atoms with Gasteiger partial charge in [-0.3, -0.25) is 9.79 Å². The fourth-order valence-electron chi connectivity index (χ4n) is 1.99. The fourth-order valence-corrected chi connectivity index (χ4v) is 2.20. The van der Waals surface area contributed by atoms with E-state index in [0.29, 0.717) is 18.9 Å². The number of rotatable bonds is 8.